The average molecular weight is 163 g/mol. The number of rotatable bonds is 4. The molecule has 0 N–H and O–H groups in total. The number of unbranched alkanes of at least 4 members (excludes halogenated alkanes) is 2. The van der Waals surface area contributed by atoms with Gasteiger partial charge in [0, 0.05) is 0 Å². The van der Waals surface area contributed by atoms with E-state index in [0.717, 1.165) is 6.61 Å². The molecule has 0 amide bonds. The Bertz CT molecular complexity index is 27.3. The van der Waals surface area contributed by atoms with Gasteiger partial charge in [-0.15, -0.1) is 0 Å². The van der Waals surface area contributed by atoms with E-state index in [-0.39, 0.29) is 0 Å². The molecule has 0 aromatic carbocycles. The summed E-state index contributed by atoms with van der Waals surface area (Å²) < 4.78 is 5.03. The second-order valence-electron chi connectivity index (χ2n) is 1.70. The molecule has 0 bridgehead atoms. The molecule has 0 unspecified atom stereocenters. The molecule has 0 aliphatic carbocycles. The van der Waals surface area contributed by atoms with E-state index in [9.17, 15) is 0 Å². The van der Waals surface area contributed by atoms with Crippen LogP contribution in [0.1, 0.15) is 26.2 Å². The molecule has 0 radical (unpaired) electrons. The van der Waals surface area contributed by atoms with Crippen LogP contribution in [0.5, 0.6) is 0 Å². The van der Waals surface area contributed by atoms with Gasteiger partial charge in [-0.25, -0.2) is 0 Å². The summed E-state index contributed by atoms with van der Waals surface area (Å²) in [4.78, 5) is 0. The summed E-state index contributed by atoms with van der Waals surface area (Å²) in [5.74, 6) is 0. The van der Waals surface area contributed by atoms with Crippen LogP contribution in [0.3, 0.4) is 0 Å². The number of hydrogen-bond donors (Lipinski definition) is 0. The van der Waals surface area contributed by atoms with Gasteiger partial charge in [0.15, 0.2) is 0 Å². The van der Waals surface area contributed by atoms with Crippen molar-refractivity contribution in [1.29, 1.82) is 0 Å². The first-order valence-electron chi connectivity index (χ1n) is 2.90. The van der Waals surface area contributed by atoms with Gasteiger partial charge in [-0.05, 0) is 0 Å². The normalized spacial score (nSPS) is 9.86. The van der Waals surface area contributed by atoms with Gasteiger partial charge in [-0.2, -0.15) is 0 Å². The molecule has 0 aromatic rings. The molecule has 7 heavy (non-hydrogen) atoms. The van der Waals surface area contributed by atoms with Crippen molar-refractivity contribution >= 4 is 16.9 Å². The zero-order valence-electron chi connectivity index (χ0n) is 5.24. The zero-order valence-corrected chi connectivity index (χ0v) is 9.43. The quantitative estimate of drug-likeness (QED) is 0.432. The second kappa shape index (κ2) is 6.50. The Balaban J connectivity index is 2.45. The molecular formula is C5H14GeO. The molecule has 0 fully saturated rings. The Kier molecular flexibility index (Phi) is 6.97. The summed E-state index contributed by atoms with van der Waals surface area (Å²) in [7, 11) is 0. The van der Waals surface area contributed by atoms with E-state index in [2.05, 4.69) is 6.92 Å². The molecule has 2 heteroatoms. The fourth-order valence-corrected chi connectivity index (χ4v) is 1.10. The van der Waals surface area contributed by atoms with Crippen molar-refractivity contribution in [2.24, 2.45) is 0 Å². The van der Waals surface area contributed by atoms with E-state index in [4.69, 9.17) is 3.76 Å². The average Bonchev–Trinajstić information content (AvgIpc) is 1.69. The summed E-state index contributed by atoms with van der Waals surface area (Å²) in [6.45, 7) is 3.21. The molecule has 0 saturated heterocycles. The maximum absolute atomic E-state index is 5.03. The first-order valence-corrected chi connectivity index (χ1v) is 4.62. The summed E-state index contributed by atoms with van der Waals surface area (Å²) in [6.07, 6.45) is 3.89. The predicted octanol–water partition coefficient (Wildman–Crippen LogP) is 0.474. The molecule has 0 spiro atoms. The van der Waals surface area contributed by atoms with Gasteiger partial charge in [0.25, 0.3) is 0 Å². The molecule has 0 atom stereocenters. The van der Waals surface area contributed by atoms with Gasteiger partial charge < -0.3 is 0 Å². The first kappa shape index (κ1) is 7.50. The van der Waals surface area contributed by atoms with Crippen molar-refractivity contribution < 1.29 is 3.76 Å². The van der Waals surface area contributed by atoms with Crippen LogP contribution < -0.4 is 0 Å². The monoisotopic (exact) mass is 164 g/mol. The Morgan fingerprint density at radius 1 is 1.43 bits per heavy atom. The molecule has 1 nitrogen and oxygen atoms in total. The minimum atomic E-state index is 0.612. The molecule has 0 aromatic heterocycles. The van der Waals surface area contributed by atoms with Crippen molar-refractivity contribution in [3.05, 3.63) is 0 Å². The third kappa shape index (κ3) is 6.50. The van der Waals surface area contributed by atoms with Crippen LogP contribution in [0.25, 0.3) is 0 Å². The summed E-state index contributed by atoms with van der Waals surface area (Å²) in [5, 5.41) is 0. The molecule has 0 rings (SSSR count). The van der Waals surface area contributed by atoms with E-state index in [1.807, 2.05) is 0 Å². The SMILES string of the molecule is CCCCC[O][GeH3]. The maximum atomic E-state index is 5.03. The summed E-state index contributed by atoms with van der Waals surface area (Å²) >= 11 is 0.612. The van der Waals surface area contributed by atoms with Gasteiger partial charge in [0.1, 0.15) is 0 Å². The molecule has 0 heterocycles. The van der Waals surface area contributed by atoms with Crippen LogP contribution in [0.2, 0.25) is 0 Å². The fraction of sp³-hybridized carbons (Fsp3) is 1.00. The third-order valence-electron chi connectivity index (χ3n) is 0.952. The van der Waals surface area contributed by atoms with Crippen LogP contribution in [0, 0.1) is 0 Å². The van der Waals surface area contributed by atoms with Gasteiger partial charge in [-0.1, -0.05) is 0 Å². The predicted molar refractivity (Wildman–Crippen MR) is 35.4 cm³/mol. The van der Waals surface area contributed by atoms with Crippen molar-refractivity contribution in [3.63, 3.8) is 0 Å². The molecule has 0 aliphatic rings. The topological polar surface area (TPSA) is 9.23 Å². The van der Waals surface area contributed by atoms with E-state index in [0.29, 0.717) is 16.9 Å². The van der Waals surface area contributed by atoms with E-state index in [1.165, 1.54) is 19.3 Å². The Hall–Kier alpha value is 0.503. The summed E-state index contributed by atoms with van der Waals surface area (Å²) in [6, 6.07) is 0. The van der Waals surface area contributed by atoms with Crippen molar-refractivity contribution in [1.82, 2.24) is 0 Å². The van der Waals surface area contributed by atoms with Crippen LogP contribution in [-0.4, -0.2) is 23.5 Å². The fourth-order valence-electron chi connectivity index (χ4n) is 0.496. The first-order chi connectivity index (χ1) is 3.41. The third-order valence-corrected chi connectivity index (χ3v) is 1.81. The Labute approximate surface area is 54.0 Å². The Morgan fingerprint density at radius 2 is 2.14 bits per heavy atom. The zero-order chi connectivity index (χ0) is 5.54. The molecule has 44 valence electrons. The van der Waals surface area contributed by atoms with Crippen LogP contribution in [0.15, 0.2) is 0 Å². The second-order valence-corrected chi connectivity index (χ2v) is 2.91. The van der Waals surface area contributed by atoms with Crippen molar-refractivity contribution in [3.8, 4) is 0 Å². The van der Waals surface area contributed by atoms with Gasteiger partial charge in [0.2, 0.25) is 0 Å². The molecule has 0 aliphatic heterocycles. The Morgan fingerprint density at radius 3 is 2.57 bits per heavy atom. The van der Waals surface area contributed by atoms with E-state index < -0.39 is 0 Å². The molecular weight excluding hydrogens is 149 g/mol. The standard InChI is InChI=1S/C5H14GeO/c1-2-3-4-5-7-6/h2-5H2,1,6H3. The van der Waals surface area contributed by atoms with Crippen molar-refractivity contribution in [2.45, 2.75) is 26.2 Å². The van der Waals surface area contributed by atoms with Gasteiger partial charge in [-0.3, -0.25) is 0 Å². The number of hydrogen-bond acceptors (Lipinski definition) is 1. The summed E-state index contributed by atoms with van der Waals surface area (Å²) in [5.41, 5.74) is 0. The van der Waals surface area contributed by atoms with Crippen LogP contribution >= 0.6 is 0 Å². The van der Waals surface area contributed by atoms with Crippen molar-refractivity contribution in [2.75, 3.05) is 6.61 Å². The van der Waals surface area contributed by atoms with Crippen LogP contribution in [0.4, 0.5) is 0 Å². The molecule has 0 saturated carbocycles. The van der Waals surface area contributed by atoms with Gasteiger partial charge in [0.05, 0.1) is 0 Å². The van der Waals surface area contributed by atoms with E-state index in [1.54, 1.807) is 0 Å². The van der Waals surface area contributed by atoms with E-state index >= 15 is 0 Å². The van der Waals surface area contributed by atoms with Crippen LogP contribution in [-0.2, 0) is 3.76 Å². The van der Waals surface area contributed by atoms with Gasteiger partial charge >= 0.3 is 53.4 Å². The minimum absolute atomic E-state index is 0.612.